The molecule has 0 fully saturated rings. The Bertz CT molecular complexity index is 1040. The Morgan fingerprint density at radius 2 is 1.49 bits per heavy atom. The summed E-state index contributed by atoms with van der Waals surface area (Å²) in [5, 5.41) is 0. The van der Waals surface area contributed by atoms with Gasteiger partial charge >= 0.3 is 0 Å². The van der Waals surface area contributed by atoms with Crippen LogP contribution in [0.3, 0.4) is 0 Å². The molecule has 4 nitrogen and oxygen atoms in total. The van der Waals surface area contributed by atoms with E-state index in [1.54, 1.807) is 0 Å². The van der Waals surface area contributed by atoms with Gasteiger partial charge in [0, 0.05) is 58.4 Å². The summed E-state index contributed by atoms with van der Waals surface area (Å²) in [6.45, 7) is 11.5. The van der Waals surface area contributed by atoms with Crippen LogP contribution in [0.25, 0.3) is 0 Å². The zero-order valence-corrected chi connectivity index (χ0v) is 23.8. The second-order valence-corrected chi connectivity index (χ2v) is 13.1. The molecule has 190 valence electrons. The van der Waals surface area contributed by atoms with Crippen molar-refractivity contribution in [2.24, 2.45) is 10.8 Å². The largest absolute Gasteiger partial charge is 0.493 e. The molecular weight excluding hydrogens is 502 g/mol. The molecule has 0 radical (unpaired) electrons. The van der Waals surface area contributed by atoms with Gasteiger partial charge in [-0.3, -0.25) is 9.59 Å². The fourth-order valence-electron chi connectivity index (χ4n) is 6.06. The van der Waals surface area contributed by atoms with Crippen LogP contribution in [0.4, 0.5) is 0 Å². The summed E-state index contributed by atoms with van der Waals surface area (Å²) in [6, 6.07) is 6.04. The average Bonchev–Trinajstić information content (AvgIpc) is 2.74. The number of ether oxygens (including phenoxy) is 1. The van der Waals surface area contributed by atoms with E-state index in [9.17, 15) is 9.59 Å². The lowest BCUT2D eigenvalue weighted by atomic mass is 9.63. The Hall–Kier alpha value is -1.88. The summed E-state index contributed by atoms with van der Waals surface area (Å²) in [5.74, 6) is 0.733. The maximum Gasteiger partial charge on any atom is 0.162 e. The quantitative estimate of drug-likeness (QED) is 0.331. The smallest absolute Gasteiger partial charge is 0.162 e. The normalized spacial score (nSPS) is 21.9. The van der Waals surface area contributed by atoms with Crippen LogP contribution in [-0.4, -0.2) is 30.1 Å². The van der Waals surface area contributed by atoms with E-state index in [0.717, 1.165) is 64.0 Å². The molecule has 5 heteroatoms. The lowest BCUT2D eigenvalue weighted by Crippen LogP contribution is -2.43. The summed E-state index contributed by atoms with van der Waals surface area (Å²) >= 11 is 3.65. The molecule has 0 amide bonds. The highest BCUT2D eigenvalue weighted by atomic mass is 79.9. The molecule has 35 heavy (non-hydrogen) atoms. The van der Waals surface area contributed by atoms with E-state index in [0.29, 0.717) is 19.4 Å². The molecule has 0 N–H and O–H groups in total. The molecule has 0 saturated carbocycles. The molecule has 0 atom stereocenters. The Balaban J connectivity index is 1.86. The maximum atomic E-state index is 13.7. The Kier molecular flexibility index (Phi) is 7.39. The van der Waals surface area contributed by atoms with E-state index in [1.807, 2.05) is 12.1 Å². The van der Waals surface area contributed by atoms with Crippen LogP contribution in [0, 0.1) is 10.8 Å². The SMILES string of the molecule is CCCCCCOc1ccc(Br)cc1C1C2=C(CC(C)(C)CC2=O)N(C)C2=C1C(=O)CC(C)(C)C2. The van der Waals surface area contributed by atoms with Crippen molar-refractivity contribution in [2.45, 2.75) is 91.9 Å². The van der Waals surface area contributed by atoms with Gasteiger partial charge in [0.15, 0.2) is 11.6 Å². The van der Waals surface area contributed by atoms with Gasteiger partial charge in [-0.2, -0.15) is 0 Å². The molecule has 0 aromatic heterocycles. The van der Waals surface area contributed by atoms with Crippen molar-refractivity contribution in [3.63, 3.8) is 0 Å². The zero-order chi connectivity index (χ0) is 25.5. The molecule has 0 bridgehead atoms. The lowest BCUT2D eigenvalue weighted by Gasteiger charge is -2.48. The maximum absolute atomic E-state index is 13.7. The first kappa shape index (κ1) is 26.2. The molecular formula is C30H40BrNO3. The van der Waals surface area contributed by atoms with Gasteiger partial charge in [-0.05, 0) is 48.3 Å². The van der Waals surface area contributed by atoms with Crippen molar-refractivity contribution in [1.29, 1.82) is 0 Å². The predicted octanol–water partition coefficient (Wildman–Crippen LogP) is 7.72. The van der Waals surface area contributed by atoms with Crippen molar-refractivity contribution in [2.75, 3.05) is 13.7 Å². The number of rotatable bonds is 7. The number of allylic oxidation sites excluding steroid dienone is 4. The lowest BCUT2D eigenvalue weighted by molar-refractivity contribution is -0.119. The first-order chi connectivity index (χ1) is 16.4. The second kappa shape index (κ2) is 9.88. The zero-order valence-electron chi connectivity index (χ0n) is 22.2. The van der Waals surface area contributed by atoms with E-state index < -0.39 is 0 Å². The summed E-state index contributed by atoms with van der Waals surface area (Å²) in [7, 11) is 2.05. The van der Waals surface area contributed by atoms with E-state index >= 15 is 0 Å². The summed E-state index contributed by atoms with van der Waals surface area (Å²) in [6.07, 6.45) is 7.18. The summed E-state index contributed by atoms with van der Waals surface area (Å²) in [4.78, 5) is 29.7. The number of carbonyl (C=O) groups is 2. The van der Waals surface area contributed by atoms with Crippen molar-refractivity contribution in [1.82, 2.24) is 4.90 Å². The summed E-state index contributed by atoms with van der Waals surface area (Å²) < 4.78 is 7.26. The van der Waals surface area contributed by atoms with Crippen molar-refractivity contribution in [3.8, 4) is 5.75 Å². The van der Waals surface area contributed by atoms with Crippen molar-refractivity contribution < 1.29 is 14.3 Å². The Morgan fingerprint density at radius 1 is 0.914 bits per heavy atom. The van der Waals surface area contributed by atoms with Crippen molar-refractivity contribution in [3.05, 3.63) is 50.8 Å². The molecule has 1 aliphatic heterocycles. The first-order valence-corrected chi connectivity index (χ1v) is 13.9. The third-order valence-electron chi connectivity index (χ3n) is 7.72. The van der Waals surface area contributed by atoms with Gasteiger partial charge in [0.2, 0.25) is 0 Å². The molecule has 1 aromatic carbocycles. The van der Waals surface area contributed by atoms with Crippen molar-refractivity contribution >= 4 is 27.5 Å². The number of Topliss-reactive ketones (excluding diaryl/α,β-unsaturated/α-hetero) is 2. The second-order valence-electron chi connectivity index (χ2n) is 12.2. The minimum atomic E-state index is -0.369. The molecule has 1 aromatic rings. The van der Waals surface area contributed by atoms with Crippen LogP contribution in [0.1, 0.15) is 97.5 Å². The number of ketones is 2. The highest BCUT2D eigenvalue weighted by Crippen LogP contribution is 2.55. The van der Waals surface area contributed by atoms with Crippen LogP contribution in [-0.2, 0) is 9.59 Å². The number of carbonyl (C=O) groups excluding carboxylic acids is 2. The Morgan fingerprint density at radius 3 is 2.03 bits per heavy atom. The van der Waals surface area contributed by atoms with Crippen LogP contribution >= 0.6 is 15.9 Å². The number of nitrogens with zero attached hydrogens (tertiary/aromatic N) is 1. The van der Waals surface area contributed by atoms with Gasteiger partial charge in [0.25, 0.3) is 0 Å². The molecule has 0 unspecified atom stereocenters. The van der Waals surface area contributed by atoms with E-state index in [1.165, 1.54) is 12.8 Å². The predicted molar refractivity (Wildman–Crippen MR) is 144 cm³/mol. The molecule has 3 aliphatic rings. The Labute approximate surface area is 219 Å². The third kappa shape index (κ3) is 5.30. The van der Waals surface area contributed by atoms with E-state index in [4.69, 9.17) is 4.74 Å². The first-order valence-electron chi connectivity index (χ1n) is 13.1. The number of hydrogen-bond donors (Lipinski definition) is 0. The van der Waals surface area contributed by atoms with E-state index in [2.05, 4.69) is 68.6 Å². The molecule has 0 saturated heterocycles. The minimum Gasteiger partial charge on any atom is -0.493 e. The van der Waals surface area contributed by atoms with Crippen LogP contribution in [0.15, 0.2) is 45.2 Å². The highest BCUT2D eigenvalue weighted by Gasteiger charge is 2.48. The van der Waals surface area contributed by atoms with Gasteiger partial charge in [-0.15, -0.1) is 0 Å². The van der Waals surface area contributed by atoms with Gasteiger partial charge in [0.05, 0.1) is 6.61 Å². The standard InChI is InChI=1S/C30H40BrNO3/c1-7-8-9-10-13-35-25-12-11-19(31)14-20(25)26-27-21(15-29(2,3)17-23(27)33)32(6)22-16-30(4,5)18-24(34)28(22)26/h11-12,14,26H,7-10,13,15-18H2,1-6H3. The monoisotopic (exact) mass is 541 g/mol. The van der Waals surface area contributed by atoms with Crippen LogP contribution < -0.4 is 4.74 Å². The fourth-order valence-corrected chi connectivity index (χ4v) is 6.44. The fraction of sp³-hybridized carbons (Fsp3) is 0.600. The van der Waals surface area contributed by atoms with Crippen LogP contribution in [0.5, 0.6) is 5.75 Å². The number of benzene rings is 1. The average molecular weight is 543 g/mol. The number of unbranched alkanes of at least 4 members (excludes halogenated alkanes) is 3. The molecule has 2 aliphatic carbocycles. The molecule has 0 spiro atoms. The van der Waals surface area contributed by atoms with Gasteiger partial charge < -0.3 is 9.64 Å². The van der Waals surface area contributed by atoms with Gasteiger partial charge in [-0.1, -0.05) is 69.8 Å². The minimum absolute atomic E-state index is 0.100. The number of halogens is 1. The molecule has 4 rings (SSSR count). The van der Waals surface area contributed by atoms with Gasteiger partial charge in [-0.25, -0.2) is 0 Å². The topological polar surface area (TPSA) is 46.6 Å². The summed E-state index contributed by atoms with van der Waals surface area (Å²) in [5.41, 5.74) is 4.49. The van der Waals surface area contributed by atoms with Gasteiger partial charge in [0.1, 0.15) is 5.75 Å². The van der Waals surface area contributed by atoms with E-state index in [-0.39, 0.29) is 28.3 Å². The highest BCUT2D eigenvalue weighted by molar-refractivity contribution is 9.10. The van der Waals surface area contributed by atoms with Crippen LogP contribution in [0.2, 0.25) is 0 Å². The number of hydrogen-bond acceptors (Lipinski definition) is 4. The molecule has 1 heterocycles. The third-order valence-corrected chi connectivity index (χ3v) is 8.21.